The first kappa shape index (κ1) is 9.46. The molecule has 0 aliphatic heterocycles. The van der Waals surface area contributed by atoms with Gasteiger partial charge < -0.3 is 5.32 Å². The number of hydrogen-bond donors (Lipinski definition) is 1. The van der Waals surface area contributed by atoms with Crippen molar-refractivity contribution in [2.24, 2.45) is 0 Å². The van der Waals surface area contributed by atoms with Crippen LogP contribution in [0.3, 0.4) is 0 Å². The smallest absolute Gasteiger partial charge is 0.289 e. The first-order chi connectivity index (χ1) is 7.22. The molecule has 0 heterocycles. The van der Waals surface area contributed by atoms with Crippen molar-refractivity contribution in [3.05, 3.63) is 33.9 Å². The molecule has 0 aromatic heterocycles. The van der Waals surface area contributed by atoms with Gasteiger partial charge in [0.1, 0.15) is 6.07 Å². The average molecular weight is 203 g/mol. The van der Waals surface area contributed by atoms with Crippen LogP contribution in [0.5, 0.6) is 0 Å². The van der Waals surface area contributed by atoms with E-state index in [2.05, 4.69) is 5.32 Å². The highest BCUT2D eigenvalue weighted by molar-refractivity contribution is 5.67. The predicted molar refractivity (Wildman–Crippen MR) is 54.5 cm³/mol. The van der Waals surface area contributed by atoms with Gasteiger partial charge in [0.25, 0.3) is 5.69 Å². The van der Waals surface area contributed by atoms with Gasteiger partial charge in [-0.15, -0.1) is 0 Å². The Bertz CT molecular complexity index is 446. The van der Waals surface area contributed by atoms with Crippen molar-refractivity contribution in [1.29, 1.82) is 5.26 Å². The third-order valence-electron chi connectivity index (χ3n) is 2.29. The fraction of sp³-hybridized carbons (Fsp3) is 0.300. The average Bonchev–Trinajstić information content (AvgIpc) is 3.01. The topological polar surface area (TPSA) is 79.0 Å². The highest BCUT2D eigenvalue weighted by Gasteiger charge is 2.24. The number of rotatable bonds is 3. The van der Waals surface area contributed by atoms with Crippen molar-refractivity contribution in [2.45, 2.75) is 18.9 Å². The monoisotopic (exact) mass is 203 g/mol. The first-order valence-corrected chi connectivity index (χ1v) is 4.66. The maximum Gasteiger partial charge on any atom is 0.289 e. The van der Waals surface area contributed by atoms with Crippen LogP contribution in [0.2, 0.25) is 0 Å². The minimum absolute atomic E-state index is 0.120. The molecule has 5 heteroatoms. The van der Waals surface area contributed by atoms with Gasteiger partial charge in [0.2, 0.25) is 0 Å². The fourth-order valence-electron chi connectivity index (χ4n) is 1.38. The molecule has 2 rings (SSSR count). The van der Waals surface area contributed by atoms with Gasteiger partial charge in [-0.25, -0.2) is 0 Å². The highest BCUT2D eigenvalue weighted by atomic mass is 16.6. The van der Waals surface area contributed by atoms with Gasteiger partial charge in [0.15, 0.2) is 5.56 Å². The normalized spacial score (nSPS) is 14.3. The SMILES string of the molecule is N#Cc1c(NC2CC2)cccc1[N+](=O)[O-]. The first-order valence-electron chi connectivity index (χ1n) is 4.66. The van der Waals surface area contributed by atoms with Crippen LogP contribution in [0.1, 0.15) is 18.4 Å². The van der Waals surface area contributed by atoms with Gasteiger partial charge in [-0.1, -0.05) is 6.07 Å². The number of hydrogen-bond acceptors (Lipinski definition) is 4. The standard InChI is InChI=1S/C10H9N3O2/c11-6-8-9(12-7-4-5-7)2-1-3-10(8)13(14)15/h1-3,7,12H,4-5H2. The van der Waals surface area contributed by atoms with E-state index in [4.69, 9.17) is 5.26 Å². The van der Waals surface area contributed by atoms with Crippen LogP contribution < -0.4 is 5.32 Å². The summed E-state index contributed by atoms with van der Waals surface area (Å²) in [5.74, 6) is 0. The van der Waals surface area contributed by atoms with Crippen LogP contribution in [0.15, 0.2) is 18.2 Å². The summed E-state index contributed by atoms with van der Waals surface area (Å²) < 4.78 is 0. The Kier molecular flexibility index (Phi) is 2.26. The molecule has 0 radical (unpaired) electrons. The summed E-state index contributed by atoms with van der Waals surface area (Å²) in [5.41, 5.74) is 0.548. The molecule has 0 amide bonds. The lowest BCUT2D eigenvalue weighted by molar-refractivity contribution is -0.385. The number of anilines is 1. The molecule has 5 nitrogen and oxygen atoms in total. The molecular formula is C10H9N3O2. The van der Waals surface area contributed by atoms with E-state index in [1.165, 1.54) is 6.07 Å². The maximum absolute atomic E-state index is 10.7. The minimum Gasteiger partial charge on any atom is -0.381 e. The zero-order valence-corrected chi connectivity index (χ0v) is 7.93. The molecule has 1 aliphatic carbocycles. The molecule has 0 atom stereocenters. The quantitative estimate of drug-likeness (QED) is 0.602. The molecule has 76 valence electrons. The molecular weight excluding hydrogens is 194 g/mol. The van der Waals surface area contributed by atoms with Gasteiger partial charge in [0.05, 0.1) is 10.6 Å². The Morgan fingerprint density at radius 2 is 2.27 bits per heavy atom. The maximum atomic E-state index is 10.7. The Hall–Kier alpha value is -2.09. The number of nitro groups is 1. The molecule has 1 saturated carbocycles. The lowest BCUT2D eigenvalue weighted by Gasteiger charge is -2.05. The second-order valence-electron chi connectivity index (χ2n) is 3.49. The molecule has 1 N–H and O–H groups in total. The van der Waals surface area contributed by atoms with Crippen LogP contribution in [0.25, 0.3) is 0 Å². The number of nitriles is 1. The predicted octanol–water partition coefficient (Wildman–Crippen LogP) is 2.04. The van der Waals surface area contributed by atoms with Crippen molar-refractivity contribution in [2.75, 3.05) is 5.32 Å². The Labute approximate surface area is 86.5 Å². The van der Waals surface area contributed by atoms with Crippen molar-refractivity contribution in [3.8, 4) is 6.07 Å². The third-order valence-corrected chi connectivity index (χ3v) is 2.29. The van der Waals surface area contributed by atoms with Gasteiger partial charge in [0, 0.05) is 12.1 Å². The zero-order chi connectivity index (χ0) is 10.8. The van der Waals surface area contributed by atoms with Crippen LogP contribution in [0.4, 0.5) is 11.4 Å². The summed E-state index contributed by atoms with van der Waals surface area (Å²) in [6, 6.07) is 6.88. The third kappa shape index (κ3) is 1.89. The number of nitrogens with zero attached hydrogens (tertiary/aromatic N) is 2. The van der Waals surface area contributed by atoms with Crippen molar-refractivity contribution >= 4 is 11.4 Å². The van der Waals surface area contributed by atoms with E-state index >= 15 is 0 Å². The number of benzene rings is 1. The molecule has 0 bridgehead atoms. The van der Waals surface area contributed by atoms with Crippen molar-refractivity contribution < 1.29 is 4.92 Å². The van der Waals surface area contributed by atoms with Crippen LogP contribution >= 0.6 is 0 Å². The second kappa shape index (κ2) is 3.58. The van der Waals surface area contributed by atoms with Gasteiger partial charge >= 0.3 is 0 Å². The molecule has 1 fully saturated rings. The van der Waals surface area contributed by atoms with Gasteiger partial charge in [-0.3, -0.25) is 10.1 Å². The summed E-state index contributed by atoms with van der Waals surface area (Å²) in [6.45, 7) is 0. The Morgan fingerprint density at radius 3 is 2.80 bits per heavy atom. The van der Waals surface area contributed by atoms with Crippen molar-refractivity contribution in [1.82, 2.24) is 0 Å². The zero-order valence-electron chi connectivity index (χ0n) is 7.93. The van der Waals surface area contributed by atoms with E-state index in [0.29, 0.717) is 11.7 Å². The van der Waals surface area contributed by atoms with Crippen LogP contribution in [-0.2, 0) is 0 Å². The highest BCUT2D eigenvalue weighted by Crippen LogP contribution is 2.30. The summed E-state index contributed by atoms with van der Waals surface area (Å²) in [7, 11) is 0. The van der Waals surface area contributed by atoms with Gasteiger partial charge in [-0.2, -0.15) is 5.26 Å². The molecule has 0 unspecified atom stereocenters. The van der Waals surface area contributed by atoms with Crippen LogP contribution in [0, 0.1) is 21.4 Å². The van der Waals surface area contributed by atoms with Crippen molar-refractivity contribution in [3.63, 3.8) is 0 Å². The van der Waals surface area contributed by atoms with E-state index in [1.54, 1.807) is 12.1 Å². The summed E-state index contributed by atoms with van der Waals surface area (Å²) >= 11 is 0. The summed E-state index contributed by atoms with van der Waals surface area (Å²) in [5, 5.41) is 22.7. The molecule has 0 spiro atoms. The molecule has 0 saturated heterocycles. The Morgan fingerprint density at radius 1 is 1.53 bits per heavy atom. The molecule has 1 aromatic rings. The van der Waals surface area contributed by atoms with E-state index in [-0.39, 0.29) is 11.3 Å². The number of nitro benzene ring substituents is 1. The lowest BCUT2D eigenvalue weighted by atomic mass is 10.1. The summed E-state index contributed by atoms with van der Waals surface area (Å²) in [4.78, 5) is 10.1. The van der Waals surface area contributed by atoms with Gasteiger partial charge in [-0.05, 0) is 18.9 Å². The second-order valence-corrected chi connectivity index (χ2v) is 3.49. The minimum atomic E-state index is -0.531. The molecule has 15 heavy (non-hydrogen) atoms. The molecule has 1 aromatic carbocycles. The summed E-state index contributed by atoms with van der Waals surface area (Å²) in [6.07, 6.45) is 2.13. The largest absolute Gasteiger partial charge is 0.381 e. The van der Waals surface area contributed by atoms with E-state index < -0.39 is 4.92 Å². The van der Waals surface area contributed by atoms with E-state index in [9.17, 15) is 10.1 Å². The Balaban J connectivity index is 2.40. The van der Waals surface area contributed by atoms with E-state index in [0.717, 1.165) is 12.8 Å². The fourth-order valence-corrected chi connectivity index (χ4v) is 1.38. The number of nitrogens with one attached hydrogen (secondary N) is 1. The lowest BCUT2D eigenvalue weighted by Crippen LogP contribution is -2.04. The van der Waals surface area contributed by atoms with E-state index in [1.807, 2.05) is 6.07 Å². The van der Waals surface area contributed by atoms with Crippen LogP contribution in [-0.4, -0.2) is 11.0 Å². The molecule has 1 aliphatic rings.